The van der Waals surface area contributed by atoms with E-state index < -0.39 is 0 Å². The van der Waals surface area contributed by atoms with E-state index in [1.165, 1.54) is 22.3 Å². The monoisotopic (exact) mass is 236 g/mol. The summed E-state index contributed by atoms with van der Waals surface area (Å²) in [6.07, 6.45) is 4.46. The van der Waals surface area contributed by atoms with Gasteiger partial charge in [0, 0.05) is 13.0 Å². The summed E-state index contributed by atoms with van der Waals surface area (Å²) >= 11 is 0. The van der Waals surface area contributed by atoms with Gasteiger partial charge in [-0.1, -0.05) is 60.7 Å². The van der Waals surface area contributed by atoms with Gasteiger partial charge in [-0.15, -0.1) is 0 Å². The molecule has 0 aliphatic heterocycles. The van der Waals surface area contributed by atoms with Gasteiger partial charge < -0.3 is 4.74 Å². The lowest BCUT2D eigenvalue weighted by atomic mass is 9.94. The Morgan fingerprint density at radius 2 is 1.83 bits per heavy atom. The van der Waals surface area contributed by atoms with Crippen molar-refractivity contribution in [2.24, 2.45) is 0 Å². The summed E-state index contributed by atoms with van der Waals surface area (Å²) in [5, 5.41) is 0. The van der Waals surface area contributed by atoms with Gasteiger partial charge in [0.05, 0.1) is 6.61 Å². The van der Waals surface area contributed by atoms with Crippen LogP contribution in [0.3, 0.4) is 0 Å². The van der Waals surface area contributed by atoms with Crippen molar-refractivity contribution in [2.45, 2.75) is 5.92 Å². The highest BCUT2D eigenvalue weighted by Crippen LogP contribution is 2.36. The highest BCUT2D eigenvalue weighted by atomic mass is 16.5. The van der Waals surface area contributed by atoms with Crippen LogP contribution in [0.1, 0.15) is 17.0 Å². The lowest BCUT2D eigenvalue weighted by molar-refractivity contribution is 0.192. The molecule has 1 unspecified atom stereocenters. The van der Waals surface area contributed by atoms with Crippen LogP contribution in [0.4, 0.5) is 0 Å². The molecule has 0 fully saturated rings. The zero-order chi connectivity index (χ0) is 12.4. The van der Waals surface area contributed by atoms with Crippen LogP contribution >= 0.6 is 0 Å². The topological polar surface area (TPSA) is 9.23 Å². The third-order valence-corrected chi connectivity index (χ3v) is 3.47. The van der Waals surface area contributed by atoms with Crippen LogP contribution in [-0.2, 0) is 4.74 Å². The van der Waals surface area contributed by atoms with Crippen LogP contribution in [0, 0.1) is 0 Å². The van der Waals surface area contributed by atoms with E-state index in [0.717, 1.165) is 6.61 Å². The Morgan fingerprint density at radius 3 is 2.61 bits per heavy atom. The Hall–Kier alpha value is -1.86. The van der Waals surface area contributed by atoms with Crippen LogP contribution in [0.25, 0.3) is 17.2 Å². The summed E-state index contributed by atoms with van der Waals surface area (Å²) in [5.74, 6) is 0.397. The fourth-order valence-electron chi connectivity index (χ4n) is 2.60. The maximum Gasteiger partial charge on any atom is 0.0566 e. The second-order valence-electron chi connectivity index (χ2n) is 4.60. The normalized spacial score (nSPS) is 16.8. The summed E-state index contributed by atoms with van der Waals surface area (Å²) in [4.78, 5) is 0. The molecule has 0 N–H and O–H groups in total. The molecular weight excluding hydrogens is 220 g/mol. The molecule has 18 heavy (non-hydrogen) atoms. The molecule has 90 valence electrons. The molecule has 3 rings (SSSR count). The molecule has 0 bridgehead atoms. The summed E-state index contributed by atoms with van der Waals surface area (Å²) in [6, 6.07) is 17.1. The second-order valence-corrected chi connectivity index (χ2v) is 4.60. The Kier molecular flexibility index (Phi) is 2.99. The van der Waals surface area contributed by atoms with Crippen molar-refractivity contribution < 1.29 is 4.74 Å². The van der Waals surface area contributed by atoms with E-state index in [0.29, 0.717) is 5.92 Å². The highest BCUT2D eigenvalue weighted by molar-refractivity contribution is 5.80. The van der Waals surface area contributed by atoms with Gasteiger partial charge in [-0.05, 0) is 22.3 Å². The van der Waals surface area contributed by atoms with E-state index in [1.54, 1.807) is 7.11 Å². The maximum absolute atomic E-state index is 5.28. The minimum atomic E-state index is 0.397. The molecule has 1 aliphatic carbocycles. The van der Waals surface area contributed by atoms with Crippen LogP contribution in [-0.4, -0.2) is 13.7 Å². The summed E-state index contributed by atoms with van der Waals surface area (Å²) in [7, 11) is 1.76. The van der Waals surface area contributed by atoms with Gasteiger partial charge in [0.2, 0.25) is 0 Å². The van der Waals surface area contributed by atoms with Crippen LogP contribution in [0.2, 0.25) is 0 Å². The van der Waals surface area contributed by atoms with Crippen molar-refractivity contribution in [3.8, 4) is 11.1 Å². The van der Waals surface area contributed by atoms with Crippen molar-refractivity contribution in [1.82, 2.24) is 0 Å². The SMILES string of the molecule is COCC1C=Cc2c(-c3ccccc3)cccc21. The number of methoxy groups -OCH3 is 1. The molecule has 0 spiro atoms. The predicted molar refractivity (Wildman–Crippen MR) is 75.5 cm³/mol. The average molecular weight is 236 g/mol. The minimum absolute atomic E-state index is 0.397. The van der Waals surface area contributed by atoms with E-state index in [4.69, 9.17) is 4.74 Å². The van der Waals surface area contributed by atoms with Crippen molar-refractivity contribution >= 4 is 6.08 Å². The third-order valence-electron chi connectivity index (χ3n) is 3.47. The first-order valence-corrected chi connectivity index (χ1v) is 6.25. The number of hydrogen-bond acceptors (Lipinski definition) is 1. The molecule has 1 heteroatoms. The smallest absolute Gasteiger partial charge is 0.0566 e. The van der Waals surface area contributed by atoms with Crippen LogP contribution in [0.15, 0.2) is 54.6 Å². The molecule has 1 nitrogen and oxygen atoms in total. The zero-order valence-corrected chi connectivity index (χ0v) is 10.5. The maximum atomic E-state index is 5.28. The Bertz CT molecular complexity index is 569. The number of ether oxygens (including phenoxy) is 1. The van der Waals surface area contributed by atoms with E-state index in [9.17, 15) is 0 Å². The standard InChI is InChI=1S/C17H16O/c1-18-12-14-10-11-17-15(8-5-9-16(14)17)13-6-3-2-4-7-13/h2-11,14H,12H2,1H3. The van der Waals surface area contributed by atoms with Crippen molar-refractivity contribution in [2.75, 3.05) is 13.7 Å². The van der Waals surface area contributed by atoms with Gasteiger partial charge >= 0.3 is 0 Å². The van der Waals surface area contributed by atoms with Gasteiger partial charge in [0.1, 0.15) is 0 Å². The lowest BCUT2D eigenvalue weighted by Crippen LogP contribution is -2.01. The number of hydrogen-bond donors (Lipinski definition) is 0. The van der Waals surface area contributed by atoms with E-state index in [2.05, 4.69) is 60.7 Å². The largest absolute Gasteiger partial charge is 0.384 e. The first-order chi connectivity index (χ1) is 8.90. The number of fused-ring (bicyclic) bond motifs is 1. The summed E-state index contributed by atoms with van der Waals surface area (Å²) in [6.45, 7) is 0.752. The summed E-state index contributed by atoms with van der Waals surface area (Å²) < 4.78 is 5.28. The van der Waals surface area contributed by atoms with Gasteiger partial charge in [0.15, 0.2) is 0 Å². The molecule has 0 saturated carbocycles. The lowest BCUT2D eigenvalue weighted by Gasteiger charge is -2.12. The third kappa shape index (κ3) is 1.87. The molecule has 1 atom stereocenters. The fraction of sp³-hybridized carbons (Fsp3) is 0.176. The van der Waals surface area contributed by atoms with Crippen molar-refractivity contribution in [3.63, 3.8) is 0 Å². The molecular formula is C17H16O. The average Bonchev–Trinajstić information content (AvgIpc) is 2.84. The van der Waals surface area contributed by atoms with Gasteiger partial charge in [-0.25, -0.2) is 0 Å². The molecule has 2 aromatic rings. The molecule has 0 radical (unpaired) electrons. The summed E-state index contributed by atoms with van der Waals surface area (Å²) in [5.41, 5.74) is 5.30. The Morgan fingerprint density at radius 1 is 1.00 bits per heavy atom. The first-order valence-electron chi connectivity index (χ1n) is 6.25. The molecule has 0 amide bonds. The van der Waals surface area contributed by atoms with Gasteiger partial charge in [0.25, 0.3) is 0 Å². The number of benzene rings is 2. The first kappa shape index (κ1) is 11.2. The predicted octanol–water partition coefficient (Wildman–Crippen LogP) is 4.11. The quantitative estimate of drug-likeness (QED) is 0.779. The van der Waals surface area contributed by atoms with Crippen molar-refractivity contribution in [1.29, 1.82) is 0 Å². The van der Waals surface area contributed by atoms with Gasteiger partial charge in [-0.2, -0.15) is 0 Å². The molecule has 0 heterocycles. The fourth-order valence-corrected chi connectivity index (χ4v) is 2.60. The Labute approximate surface area is 108 Å². The molecule has 2 aromatic carbocycles. The van der Waals surface area contributed by atoms with Gasteiger partial charge in [-0.3, -0.25) is 0 Å². The van der Waals surface area contributed by atoms with E-state index in [1.807, 2.05) is 0 Å². The molecule has 1 aliphatic rings. The van der Waals surface area contributed by atoms with E-state index in [-0.39, 0.29) is 0 Å². The molecule has 0 saturated heterocycles. The van der Waals surface area contributed by atoms with Crippen LogP contribution < -0.4 is 0 Å². The molecule has 0 aromatic heterocycles. The van der Waals surface area contributed by atoms with Crippen LogP contribution in [0.5, 0.6) is 0 Å². The number of rotatable bonds is 3. The van der Waals surface area contributed by atoms with Crippen molar-refractivity contribution in [3.05, 3.63) is 65.7 Å². The minimum Gasteiger partial charge on any atom is -0.384 e. The second kappa shape index (κ2) is 4.79. The zero-order valence-electron chi connectivity index (χ0n) is 10.5. The van der Waals surface area contributed by atoms with E-state index >= 15 is 0 Å². The highest BCUT2D eigenvalue weighted by Gasteiger charge is 2.19. The Balaban J connectivity index is 2.07.